The molecule has 2 nitrogen and oxygen atoms in total. The van der Waals surface area contributed by atoms with Crippen LogP contribution in [0.1, 0.15) is 24.5 Å². The number of aromatic nitrogens is 1. The molecule has 1 aromatic heterocycles. The first kappa shape index (κ1) is 15.9. The van der Waals surface area contributed by atoms with Gasteiger partial charge in [0.25, 0.3) is 0 Å². The zero-order valence-corrected chi connectivity index (χ0v) is 12.9. The third kappa shape index (κ3) is 4.80. The number of hydrogen-bond donors (Lipinski definition) is 1. The molecule has 4 heteroatoms. The Morgan fingerprint density at radius 3 is 2.71 bits per heavy atom. The van der Waals surface area contributed by atoms with E-state index in [-0.39, 0.29) is 16.9 Å². The molecule has 0 aliphatic heterocycles. The fraction of sp³-hybridized carbons (Fsp3) is 0.353. The molecule has 112 valence electrons. The van der Waals surface area contributed by atoms with Crippen LogP contribution in [-0.4, -0.2) is 17.6 Å². The maximum Gasteiger partial charge on any atom is 0.142 e. The lowest BCUT2D eigenvalue weighted by molar-refractivity contribution is 0.490. The van der Waals surface area contributed by atoms with Crippen molar-refractivity contribution in [2.45, 2.75) is 32.2 Å². The molecule has 0 bridgehead atoms. The number of benzene rings is 1. The number of aryl methyl sites for hydroxylation is 1. The molecule has 0 amide bonds. The van der Waals surface area contributed by atoms with Crippen LogP contribution >= 0.6 is 11.6 Å². The van der Waals surface area contributed by atoms with E-state index >= 15 is 0 Å². The van der Waals surface area contributed by atoms with Gasteiger partial charge < -0.3 is 5.32 Å². The van der Waals surface area contributed by atoms with Crippen molar-refractivity contribution in [3.63, 3.8) is 0 Å². The highest BCUT2D eigenvalue weighted by molar-refractivity contribution is 6.31. The summed E-state index contributed by atoms with van der Waals surface area (Å²) in [7, 11) is 0. The van der Waals surface area contributed by atoms with Gasteiger partial charge in [-0.2, -0.15) is 0 Å². The van der Waals surface area contributed by atoms with Gasteiger partial charge in [-0.1, -0.05) is 30.7 Å². The Labute approximate surface area is 130 Å². The molecule has 0 radical (unpaired) electrons. The van der Waals surface area contributed by atoms with Crippen molar-refractivity contribution in [3.8, 4) is 0 Å². The lowest BCUT2D eigenvalue weighted by Crippen LogP contribution is -2.31. The topological polar surface area (TPSA) is 24.9 Å². The molecule has 0 aliphatic carbocycles. The minimum atomic E-state index is -0.349. The SMILES string of the molecule is CCNC(CCc1ccncc1)Cc1cccc(F)c1Cl. The van der Waals surface area contributed by atoms with Gasteiger partial charge in [0.2, 0.25) is 0 Å². The summed E-state index contributed by atoms with van der Waals surface area (Å²) in [5, 5.41) is 3.69. The standard InChI is InChI=1S/C17H20ClFN2/c1-2-21-15(7-6-13-8-10-20-11-9-13)12-14-4-3-5-16(19)17(14)18/h3-5,8-11,15,21H,2,6-7,12H2,1H3. The van der Waals surface area contributed by atoms with Gasteiger partial charge in [0, 0.05) is 18.4 Å². The van der Waals surface area contributed by atoms with Gasteiger partial charge in [0.15, 0.2) is 0 Å². The van der Waals surface area contributed by atoms with Crippen molar-refractivity contribution in [2.24, 2.45) is 0 Å². The van der Waals surface area contributed by atoms with E-state index in [9.17, 15) is 4.39 Å². The number of pyridine rings is 1. The van der Waals surface area contributed by atoms with Crippen molar-refractivity contribution in [3.05, 3.63) is 64.7 Å². The van der Waals surface area contributed by atoms with E-state index in [1.807, 2.05) is 18.2 Å². The van der Waals surface area contributed by atoms with Gasteiger partial charge in [-0.3, -0.25) is 4.98 Å². The molecule has 0 aliphatic rings. The van der Waals surface area contributed by atoms with Gasteiger partial charge in [-0.15, -0.1) is 0 Å². The minimum absolute atomic E-state index is 0.240. The van der Waals surface area contributed by atoms with Gasteiger partial charge in [-0.25, -0.2) is 4.39 Å². The Morgan fingerprint density at radius 2 is 2.00 bits per heavy atom. The van der Waals surface area contributed by atoms with Crippen molar-refractivity contribution < 1.29 is 4.39 Å². The first-order valence-corrected chi connectivity index (χ1v) is 7.63. The van der Waals surface area contributed by atoms with E-state index in [1.54, 1.807) is 18.5 Å². The first-order chi connectivity index (χ1) is 10.2. The van der Waals surface area contributed by atoms with Crippen molar-refractivity contribution in [1.82, 2.24) is 10.3 Å². The summed E-state index contributed by atoms with van der Waals surface area (Å²) < 4.78 is 13.5. The van der Waals surface area contributed by atoms with Crippen LogP contribution in [-0.2, 0) is 12.8 Å². The molecule has 0 saturated carbocycles. The number of hydrogen-bond acceptors (Lipinski definition) is 2. The van der Waals surface area contributed by atoms with Crippen LogP contribution < -0.4 is 5.32 Å². The second-order valence-corrected chi connectivity index (χ2v) is 5.44. The summed E-state index contributed by atoms with van der Waals surface area (Å²) in [6, 6.07) is 9.33. The first-order valence-electron chi connectivity index (χ1n) is 7.26. The predicted octanol–water partition coefficient (Wildman–Crippen LogP) is 4.03. The fourth-order valence-corrected chi connectivity index (χ4v) is 2.63. The molecule has 2 aromatic rings. The van der Waals surface area contributed by atoms with Crippen molar-refractivity contribution in [2.75, 3.05) is 6.54 Å². The summed E-state index contributed by atoms with van der Waals surface area (Å²) in [4.78, 5) is 4.02. The van der Waals surface area contributed by atoms with Crippen molar-refractivity contribution >= 4 is 11.6 Å². The van der Waals surface area contributed by atoms with E-state index in [4.69, 9.17) is 11.6 Å². The molecule has 1 atom stereocenters. The van der Waals surface area contributed by atoms with Gasteiger partial charge in [-0.05, 0) is 55.1 Å². The maximum absolute atomic E-state index is 13.5. The smallest absolute Gasteiger partial charge is 0.142 e. The lowest BCUT2D eigenvalue weighted by atomic mass is 9.99. The molecule has 0 fully saturated rings. The molecule has 0 spiro atoms. The molecular formula is C17H20ClFN2. The van der Waals surface area contributed by atoms with E-state index in [1.165, 1.54) is 11.6 Å². The number of nitrogens with one attached hydrogen (secondary N) is 1. The Kier molecular flexibility index (Phi) is 6.15. The van der Waals surface area contributed by atoms with E-state index in [0.29, 0.717) is 0 Å². The van der Waals surface area contributed by atoms with E-state index in [2.05, 4.69) is 17.2 Å². The largest absolute Gasteiger partial charge is 0.314 e. The molecule has 1 heterocycles. The highest BCUT2D eigenvalue weighted by Crippen LogP contribution is 2.22. The quantitative estimate of drug-likeness (QED) is 0.835. The summed E-state index contributed by atoms with van der Waals surface area (Å²) >= 11 is 6.04. The molecule has 0 saturated heterocycles. The Morgan fingerprint density at radius 1 is 1.24 bits per heavy atom. The Hall–Kier alpha value is -1.45. The third-order valence-electron chi connectivity index (χ3n) is 3.52. The fourth-order valence-electron chi connectivity index (χ4n) is 2.43. The second-order valence-electron chi connectivity index (χ2n) is 5.07. The Balaban J connectivity index is 2.00. The van der Waals surface area contributed by atoms with Gasteiger partial charge in [0.05, 0.1) is 5.02 Å². The molecule has 1 aromatic carbocycles. The minimum Gasteiger partial charge on any atom is -0.314 e. The molecule has 1 unspecified atom stereocenters. The zero-order valence-electron chi connectivity index (χ0n) is 12.2. The van der Waals surface area contributed by atoms with Crippen LogP contribution in [0.15, 0.2) is 42.7 Å². The summed E-state index contributed by atoms with van der Waals surface area (Å²) in [5.74, 6) is -0.349. The predicted molar refractivity (Wildman–Crippen MR) is 85.1 cm³/mol. The summed E-state index contributed by atoms with van der Waals surface area (Å²) in [6.45, 7) is 2.96. The van der Waals surface area contributed by atoms with Crippen LogP contribution in [0.5, 0.6) is 0 Å². The molecule has 1 N–H and O–H groups in total. The van der Waals surface area contributed by atoms with Gasteiger partial charge >= 0.3 is 0 Å². The maximum atomic E-state index is 13.5. The van der Waals surface area contributed by atoms with E-state index < -0.39 is 0 Å². The average molecular weight is 307 g/mol. The van der Waals surface area contributed by atoms with Gasteiger partial charge in [0.1, 0.15) is 5.82 Å². The number of rotatable bonds is 7. The van der Waals surface area contributed by atoms with Crippen LogP contribution in [0, 0.1) is 5.82 Å². The second kappa shape index (κ2) is 8.11. The lowest BCUT2D eigenvalue weighted by Gasteiger charge is -2.19. The van der Waals surface area contributed by atoms with Crippen LogP contribution in [0.2, 0.25) is 5.02 Å². The summed E-state index contributed by atoms with van der Waals surface area (Å²) in [6.07, 6.45) is 6.29. The highest BCUT2D eigenvalue weighted by Gasteiger charge is 2.13. The highest BCUT2D eigenvalue weighted by atomic mass is 35.5. The monoisotopic (exact) mass is 306 g/mol. The Bertz CT molecular complexity index is 560. The number of halogens is 2. The number of likely N-dealkylation sites (N-methyl/N-ethyl adjacent to an activating group) is 1. The average Bonchev–Trinajstić information content (AvgIpc) is 2.50. The van der Waals surface area contributed by atoms with Crippen LogP contribution in [0.4, 0.5) is 4.39 Å². The zero-order chi connectivity index (χ0) is 15.1. The normalized spacial score (nSPS) is 12.3. The van der Waals surface area contributed by atoms with E-state index in [0.717, 1.165) is 31.4 Å². The summed E-state index contributed by atoms with van der Waals surface area (Å²) in [5.41, 5.74) is 2.12. The van der Waals surface area contributed by atoms with Crippen LogP contribution in [0.3, 0.4) is 0 Å². The van der Waals surface area contributed by atoms with Crippen molar-refractivity contribution in [1.29, 1.82) is 0 Å². The van der Waals surface area contributed by atoms with Crippen LogP contribution in [0.25, 0.3) is 0 Å². The third-order valence-corrected chi connectivity index (χ3v) is 3.94. The molecule has 2 rings (SSSR count). The molecular weight excluding hydrogens is 287 g/mol. The number of nitrogens with zero attached hydrogens (tertiary/aromatic N) is 1. The molecule has 21 heavy (non-hydrogen) atoms.